The van der Waals surface area contributed by atoms with Gasteiger partial charge in [-0.05, 0) is 13.8 Å². The number of imidazole rings is 1. The lowest BCUT2D eigenvalue weighted by atomic mass is 10.0. The fourth-order valence-electron chi connectivity index (χ4n) is 2.64. The Morgan fingerprint density at radius 3 is 2.86 bits per heavy atom. The number of aliphatic hydroxyl groups is 2. The van der Waals surface area contributed by atoms with Crippen molar-refractivity contribution in [1.29, 1.82) is 0 Å². The Kier molecular flexibility index (Phi) is 3.58. The van der Waals surface area contributed by atoms with E-state index in [1.165, 1.54) is 23.3 Å². The van der Waals surface area contributed by atoms with Gasteiger partial charge >= 0.3 is 0 Å². The molecule has 0 spiro atoms. The summed E-state index contributed by atoms with van der Waals surface area (Å²) in [6, 6.07) is 0. The largest absolute Gasteiger partial charge is 0.390 e. The second kappa shape index (κ2) is 5.15. The minimum Gasteiger partial charge on any atom is -0.390 e. The van der Waals surface area contributed by atoms with Gasteiger partial charge in [-0.2, -0.15) is 0 Å². The van der Waals surface area contributed by atoms with Crippen LogP contribution < -0.4 is 0 Å². The second-order valence-corrected chi connectivity index (χ2v) is 5.69. The molecule has 2 fully saturated rings. The number of nitrogens with zero attached hydrogens (tertiary/aromatic N) is 2. The Labute approximate surface area is 121 Å². The summed E-state index contributed by atoms with van der Waals surface area (Å²) in [5.41, 5.74) is 0. The number of rotatable bonds is 3. The van der Waals surface area contributed by atoms with E-state index in [9.17, 15) is 15.0 Å². The standard InChI is InChI=1S/C13H18N2O6/c1-13(2)20-11-9(18)10(19-12(11)21-13)7(16)5-8(17)15-4-3-14-6-15/h3-4,6-7,9-12,16,18H,5H2,1-2H3/t7-,9+,10-,11-,12-/m1/s1. The van der Waals surface area contributed by atoms with Crippen LogP contribution >= 0.6 is 0 Å². The number of hydrogen-bond donors (Lipinski definition) is 2. The molecule has 0 radical (unpaired) electrons. The molecule has 0 aromatic carbocycles. The molecule has 2 aliphatic rings. The average Bonchev–Trinajstić information content (AvgIpc) is 3.07. The molecule has 0 saturated carbocycles. The Hall–Kier alpha value is -1.32. The van der Waals surface area contributed by atoms with Gasteiger partial charge in [-0.25, -0.2) is 4.98 Å². The van der Waals surface area contributed by atoms with Gasteiger partial charge in [0, 0.05) is 12.4 Å². The monoisotopic (exact) mass is 298 g/mol. The van der Waals surface area contributed by atoms with Crippen molar-refractivity contribution in [1.82, 2.24) is 9.55 Å². The maximum atomic E-state index is 11.9. The van der Waals surface area contributed by atoms with Crippen molar-refractivity contribution in [3.05, 3.63) is 18.7 Å². The van der Waals surface area contributed by atoms with E-state index in [1.54, 1.807) is 13.8 Å². The molecule has 21 heavy (non-hydrogen) atoms. The highest BCUT2D eigenvalue weighted by Crippen LogP contribution is 2.38. The first kappa shape index (κ1) is 14.6. The number of ether oxygens (including phenoxy) is 3. The Morgan fingerprint density at radius 1 is 1.48 bits per heavy atom. The zero-order chi connectivity index (χ0) is 15.2. The Bertz CT molecular complexity index is 517. The number of carbonyl (C=O) groups excluding carboxylic acids is 1. The van der Waals surface area contributed by atoms with E-state index in [4.69, 9.17) is 14.2 Å². The highest BCUT2D eigenvalue weighted by molar-refractivity contribution is 5.79. The summed E-state index contributed by atoms with van der Waals surface area (Å²) in [5.74, 6) is -1.17. The van der Waals surface area contributed by atoms with Gasteiger partial charge in [0.2, 0.25) is 5.91 Å². The lowest BCUT2D eigenvalue weighted by molar-refractivity contribution is -0.225. The van der Waals surface area contributed by atoms with E-state index < -0.39 is 36.5 Å². The van der Waals surface area contributed by atoms with Gasteiger partial charge in [-0.3, -0.25) is 9.36 Å². The van der Waals surface area contributed by atoms with Gasteiger partial charge in [0.1, 0.15) is 24.6 Å². The molecule has 2 N–H and O–H groups in total. The lowest BCUT2D eigenvalue weighted by Gasteiger charge is -2.25. The summed E-state index contributed by atoms with van der Waals surface area (Å²) in [7, 11) is 0. The van der Waals surface area contributed by atoms with Crippen molar-refractivity contribution in [3.8, 4) is 0 Å². The van der Waals surface area contributed by atoms with Gasteiger partial charge in [-0.1, -0.05) is 0 Å². The normalized spacial score (nSPS) is 35.6. The molecule has 3 rings (SSSR count). The molecular formula is C13H18N2O6. The fourth-order valence-corrected chi connectivity index (χ4v) is 2.64. The number of hydrogen-bond acceptors (Lipinski definition) is 7. The molecule has 2 saturated heterocycles. The molecule has 8 heteroatoms. The summed E-state index contributed by atoms with van der Waals surface area (Å²) in [5, 5.41) is 20.3. The Morgan fingerprint density at radius 2 is 2.24 bits per heavy atom. The SMILES string of the molecule is CC1(C)O[C@H]2O[C@H]([C@H](O)CC(=O)n3ccnc3)[C@H](O)[C@H]2O1. The molecule has 0 amide bonds. The third-order valence-electron chi connectivity index (χ3n) is 3.61. The van der Waals surface area contributed by atoms with E-state index in [2.05, 4.69) is 4.98 Å². The number of aromatic nitrogens is 2. The molecule has 1 aromatic heterocycles. The van der Waals surface area contributed by atoms with E-state index in [0.717, 1.165) is 0 Å². The molecule has 0 bridgehead atoms. The molecular weight excluding hydrogens is 280 g/mol. The first-order valence-corrected chi connectivity index (χ1v) is 6.76. The van der Waals surface area contributed by atoms with Crippen LogP contribution in [0, 0.1) is 0 Å². The van der Waals surface area contributed by atoms with Crippen LogP contribution in [0.25, 0.3) is 0 Å². The molecule has 8 nitrogen and oxygen atoms in total. The van der Waals surface area contributed by atoms with Crippen molar-refractivity contribution in [3.63, 3.8) is 0 Å². The third kappa shape index (κ3) is 2.72. The van der Waals surface area contributed by atoms with Crippen molar-refractivity contribution >= 4 is 5.91 Å². The summed E-state index contributed by atoms with van der Waals surface area (Å²) >= 11 is 0. The lowest BCUT2D eigenvalue weighted by Crippen LogP contribution is -2.42. The average molecular weight is 298 g/mol. The highest BCUT2D eigenvalue weighted by atomic mass is 16.8. The van der Waals surface area contributed by atoms with Gasteiger partial charge in [0.15, 0.2) is 12.1 Å². The van der Waals surface area contributed by atoms with Crippen LogP contribution in [0.2, 0.25) is 0 Å². The van der Waals surface area contributed by atoms with Gasteiger partial charge in [0.05, 0.1) is 12.5 Å². The summed E-state index contributed by atoms with van der Waals surface area (Å²) in [6.07, 6.45) is -0.419. The van der Waals surface area contributed by atoms with Crippen molar-refractivity contribution in [2.45, 2.75) is 56.8 Å². The predicted octanol–water partition coefficient (Wildman–Crippen LogP) is -0.488. The summed E-state index contributed by atoms with van der Waals surface area (Å²) in [4.78, 5) is 15.7. The van der Waals surface area contributed by atoms with E-state index in [1.807, 2.05) is 0 Å². The quantitative estimate of drug-likeness (QED) is 0.776. The van der Waals surface area contributed by atoms with Crippen molar-refractivity contribution < 1.29 is 29.2 Å². The molecule has 5 atom stereocenters. The number of fused-ring (bicyclic) bond motifs is 1. The smallest absolute Gasteiger partial charge is 0.234 e. The fraction of sp³-hybridized carbons (Fsp3) is 0.692. The Balaban J connectivity index is 1.62. The van der Waals surface area contributed by atoms with Gasteiger partial charge < -0.3 is 24.4 Å². The van der Waals surface area contributed by atoms with Crippen molar-refractivity contribution in [2.75, 3.05) is 0 Å². The highest BCUT2D eigenvalue weighted by Gasteiger charge is 2.56. The maximum absolute atomic E-state index is 11.9. The van der Waals surface area contributed by atoms with Crippen LogP contribution in [0.15, 0.2) is 18.7 Å². The topological polar surface area (TPSA) is 103 Å². The summed E-state index contributed by atoms with van der Waals surface area (Å²) < 4.78 is 17.8. The summed E-state index contributed by atoms with van der Waals surface area (Å²) in [6.45, 7) is 3.44. The molecule has 116 valence electrons. The van der Waals surface area contributed by atoms with Crippen LogP contribution in [0.3, 0.4) is 0 Å². The number of aliphatic hydroxyl groups excluding tert-OH is 2. The predicted molar refractivity (Wildman–Crippen MR) is 68.2 cm³/mol. The minimum atomic E-state index is -1.16. The maximum Gasteiger partial charge on any atom is 0.234 e. The molecule has 0 unspecified atom stereocenters. The first-order valence-electron chi connectivity index (χ1n) is 6.76. The van der Waals surface area contributed by atoms with Crippen LogP contribution in [0.4, 0.5) is 0 Å². The molecule has 3 heterocycles. The zero-order valence-electron chi connectivity index (χ0n) is 11.7. The molecule has 2 aliphatic heterocycles. The van der Waals surface area contributed by atoms with Crippen LogP contribution in [0.1, 0.15) is 25.1 Å². The molecule has 1 aromatic rings. The third-order valence-corrected chi connectivity index (χ3v) is 3.61. The second-order valence-electron chi connectivity index (χ2n) is 5.69. The van der Waals surface area contributed by atoms with Gasteiger partial charge in [0.25, 0.3) is 0 Å². The minimum absolute atomic E-state index is 0.194. The first-order chi connectivity index (χ1) is 9.87. The van der Waals surface area contributed by atoms with E-state index >= 15 is 0 Å². The molecule has 0 aliphatic carbocycles. The van der Waals surface area contributed by atoms with E-state index in [-0.39, 0.29) is 12.3 Å². The van der Waals surface area contributed by atoms with Crippen LogP contribution in [-0.4, -0.2) is 62.2 Å². The van der Waals surface area contributed by atoms with E-state index in [0.29, 0.717) is 0 Å². The van der Waals surface area contributed by atoms with Crippen molar-refractivity contribution in [2.24, 2.45) is 0 Å². The van der Waals surface area contributed by atoms with Crippen LogP contribution in [-0.2, 0) is 14.2 Å². The van der Waals surface area contributed by atoms with Gasteiger partial charge in [-0.15, -0.1) is 0 Å². The zero-order valence-corrected chi connectivity index (χ0v) is 11.7. The van der Waals surface area contributed by atoms with Crippen LogP contribution in [0.5, 0.6) is 0 Å². The number of carbonyl (C=O) groups is 1.